The fraction of sp³-hybridized carbons (Fsp3) is 0.385. The van der Waals surface area contributed by atoms with Gasteiger partial charge in [0.15, 0.2) is 0 Å². The van der Waals surface area contributed by atoms with Crippen LogP contribution >= 0.6 is 0 Å². The standard InChI is InChI=1S/C13H13FN4O2/c14-11-5-3-4-10(16-11)8-18-12(19)9-17(13(18)20)7-2-1-6-15/h3-5H,1-2,7-9H2. The van der Waals surface area contributed by atoms with Gasteiger partial charge in [-0.15, -0.1) is 0 Å². The van der Waals surface area contributed by atoms with E-state index in [1.54, 1.807) is 6.07 Å². The molecule has 2 heterocycles. The zero-order chi connectivity index (χ0) is 14.5. The maximum atomic E-state index is 13.0. The van der Waals surface area contributed by atoms with Crippen LogP contribution in [0.15, 0.2) is 18.2 Å². The van der Waals surface area contributed by atoms with E-state index in [2.05, 4.69) is 4.98 Å². The average molecular weight is 276 g/mol. The molecule has 1 saturated heterocycles. The van der Waals surface area contributed by atoms with Crippen molar-refractivity contribution in [1.29, 1.82) is 5.26 Å². The van der Waals surface area contributed by atoms with Gasteiger partial charge in [0.25, 0.3) is 5.91 Å². The Hall–Kier alpha value is -2.49. The molecule has 0 unspecified atom stereocenters. The van der Waals surface area contributed by atoms with Crippen LogP contribution in [0, 0.1) is 17.3 Å². The number of hydrogen-bond acceptors (Lipinski definition) is 4. The molecule has 2 rings (SSSR count). The van der Waals surface area contributed by atoms with E-state index in [4.69, 9.17) is 5.26 Å². The second-order valence-corrected chi connectivity index (χ2v) is 4.40. The second kappa shape index (κ2) is 6.10. The summed E-state index contributed by atoms with van der Waals surface area (Å²) in [6.07, 6.45) is 0.866. The van der Waals surface area contributed by atoms with Crippen LogP contribution in [0.5, 0.6) is 0 Å². The molecule has 0 N–H and O–H groups in total. The molecule has 1 aliphatic heterocycles. The molecule has 0 saturated carbocycles. The summed E-state index contributed by atoms with van der Waals surface area (Å²) in [5.41, 5.74) is 0.325. The number of nitrogens with zero attached hydrogens (tertiary/aromatic N) is 4. The predicted molar refractivity (Wildman–Crippen MR) is 66.6 cm³/mol. The summed E-state index contributed by atoms with van der Waals surface area (Å²) < 4.78 is 13.0. The highest BCUT2D eigenvalue weighted by molar-refractivity contribution is 6.01. The SMILES string of the molecule is N#CCCCN1CC(=O)N(Cc2cccc(F)n2)C1=O. The van der Waals surface area contributed by atoms with E-state index in [-0.39, 0.29) is 19.0 Å². The van der Waals surface area contributed by atoms with Crippen molar-refractivity contribution in [1.82, 2.24) is 14.8 Å². The Morgan fingerprint density at radius 3 is 2.90 bits per heavy atom. The zero-order valence-corrected chi connectivity index (χ0v) is 10.8. The molecule has 20 heavy (non-hydrogen) atoms. The summed E-state index contributed by atoms with van der Waals surface area (Å²) in [6.45, 7) is 0.328. The number of imide groups is 1. The fourth-order valence-corrected chi connectivity index (χ4v) is 1.97. The van der Waals surface area contributed by atoms with Crippen molar-refractivity contribution in [3.63, 3.8) is 0 Å². The number of aromatic nitrogens is 1. The van der Waals surface area contributed by atoms with Crippen molar-refractivity contribution in [3.8, 4) is 6.07 Å². The minimum Gasteiger partial charge on any atom is -0.315 e. The molecule has 1 fully saturated rings. The van der Waals surface area contributed by atoms with E-state index in [1.165, 1.54) is 17.0 Å². The Morgan fingerprint density at radius 2 is 2.20 bits per heavy atom. The molecule has 0 bridgehead atoms. The smallest absolute Gasteiger partial charge is 0.315 e. The second-order valence-electron chi connectivity index (χ2n) is 4.40. The number of pyridine rings is 1. The number of carbonyl (C=O) groups excluding carboxylic acids is 2. The zero-order valence-electron chi connectivity index (χ0n) is 10.8. The molecule has 0 aliphatic carbocycles. The highest BCUT2D eigenvalue weighted by Gasteiger charge is 2.35. The Balaban J connectivity index is 2.00. The number of carbonyl (C=O) groups is 2. The highest BCUT2D eigenvalue weighted by Crippen LogP contribution is 2.14. The summed E-state index contributed by atoms with van der Waals surface area (Å²) in [5, 5.41) is 8.46. The summed E-state index contributed by atoms with van der Waals surface area (Å²) in [4.78, 5) is 29.9. The van der Waals surface area contributed by atoms with Crippen molar-refractivity contribution in [2.45, 2.75) is 19.4 Å². The average Bonchev–Trinajstić information content (AvgIpc) is 2.67. The number of amides is 3. The fourth-order valence-electron chi connectivity index (χ4n) is 1.97. The van der Waals surface area contributed by atoms with Gasteiger partial charge in [0.05, 0.1) is 18.3 Å². The van der Waals surface area contributed by atoms with Gasteiger partial charge in [-0.25, -0.2) is 9.78 Å². The van der Waals surface area contributed by atoms with Crippen LogP contribution in [-0.4, -0.2) is 39.8 Å². The lowest BCUT2D eigenvalue weighted by Gasteiger charge is -2.16. The van der Waals surface area contributed by atoms with E-state index in [0.29, 0.717) is 25.1 Å². The van der Waals surface area contributed by atoms with Gasteiger partial charge in [-0.05, 0) is 18.6 Å². The normalized spacial score (nSPS) is 14.8. The number of urea groups is 1. The summed E-state index contributed by atoms with van der Waals surface area (Å²) >= 11 is 0. The molecule has 7 heteroatoms. The van der Waals surface area contributed by atoms with Crippen LogP contribution in [0.3, 0.4) is 0 Å². The highest BCUT2D eigenvalue weighted by atomic mass is 19.1. The van der Waals surface area contributed by atoms with E-state index in [0.717, 1.165) is 4.90 Å². The van der Waals surface area contributed by atoms with Gasteiger partial charge in [0.1, 0.15) is 6.54 Å². The quantitative estimate of drug-likeness (QED) is 0.461. The first kappa shape index (κ1) is 13.9. The maximum absolute atomic E-state index is 13.0. The number of nitriles is 1. The van der Waals surface area contributed by atoms with E-state index in [1.807, 2.05) is 6.07 Å². The van der Waals surface area contributed by atoms with E-state index < -0.39 is 12.0 Å². The molecule has 1 aromatic rings. The van der Waals surface area contributed by atoms with Crippen molar-refractivity contribution < 1.29 is 14.0 Å². The third-order valence-electron chi connectivity index (χ3n) is 2.94. The van der Waals surface area contributed by atoms with Crippen molar-refractivity contribution >= 4 is 11.9 Å². The number of rotatable bonds is 5. The van der Waals surface area contributed by atoms with Crippen LogP contribution in [0.4, 0.5) is 9.18 Å². The molecular weight excluding hydrogens is 263 g/mol. The lowest BCUT2D eigenvalue weighted by molar-refractivity contribution is -0.125. The lowest BCUT2D eigenvalue weighted by Crippen LogP contribution is -2.33. The summed E-state index contributed by atoms with van der Waals surface area (Å²) in [7, 11) is 0. The first-order valence-corrected chi connectivity index (χ1v) is 6.19. The third-order valence-corrected chi connectivity index (χ3v) is 2.94. The van der Waals surface area contributed by atoms with Crippen LogP contribution in [-0.2, 0) is 11.3 Å². The minimum absolute atomic E-state index is 0.000419. The monoisotopic (exact) mass is 276 g/mol. The van der Waals surface area contributed by atoms with Crippen molar-refractivity contribution in [3.05, 3.63) is 29.8 Å². The largest absolute Gasteiger partial charge is 0.327 e. The molecule has 1 aliphatic rings. The van der Waals surface area contributed by atoms with Gasteiger partial charge in [-0.1, -0.05) is 6.07 Å². The minimum atomic E-state index is -0.646. The Labute approximate surface area is 115 Å². The van der Waals surface area contributed by atoms with E-state index >= 15 is 0 Å². The molecule has 104 valence electrons. The summed E-state index contributed by atoms with van der Waals surface area (Å²) in [5.74, 6) is -0.981. The predicted octanol–water partition coefficient (Wildman–Crippen LogP) is 1.29. The Bertz CT molecular complexity index is 570. The van der Waals surface area contributed by atoms with Crippen molar-refractivity contribution in [2.75, 3.05) is 13.1 Å². The molecule has 0 atom stereocenters. The molecular formula is C13H13FN4O2. The van der Waals surface area contributed by atoms with Crippen LogP contribution < -0.4 is 0 Å². The molecule has 6 nitrogen and oxygen atoms in total. The van der Waals surface area contributed by atoms with Gasteiger partial charge in [-0.3, -0.25) is 9.69 Å². The number of halogens is 1. The Morgan fingerprint density at radius 1 is 1.40 bits per heavy atom. The lowest BCUT2D eigenvalue weighted by atomic mass is 10.3. The van der Waals surface area contributed by atoms with Gasteiger partial charge in [-0.2, -0.15) is 9.65 Å². The number of hydrogen-bond donors (Lipinski definition) is 0. The Kier molecular flexibility index (Phi) is 4.25. The van der Waals surface area contributed by atoms with E-state index in [9.17, 15) is 14.0 Å². The maximum Gasteiger partial charge on any atom is 0.327 e. The van der Waals surface area contributed by atoms with Crippen LogP contribution in [0.1, 0.15) is 18.5 Å². The molecule has 1 aromatic heterocycles. The topological polar surface area (TPSA) is 77.3 Å². The first-order chi connectivity index (χ1) is 9.61. The van der Waals surface area contributed by atoms with Crippen LogP contribution in [0.25, 0.3) is 0 Å². The number of unbranched alkanes of at least 4 members (excludes halogenated alkanes) is 1. The van der Waals surface area contributed by atoms with Gasteiger partial charge < -0.3 is 4.90 Å². The van der Waals surface area contributed by atoms with Gasteiger partial charge in [0, 0.05) is 13.0 Å². The third kappa shape index (κ3) is 3.09. The van der Waals surface area contributed by atoms with Gasteiger partial charge in [0.2, 0.25) is 5.95 Å². The molecule has 0 aromatic carbocycles. The van der Waals surface area contributed by atoms with Gasteiger partial charge >= 0.3 is 6.03 Å². The van der Waals surface area contributed by atoms with Crippen molar-refractivity contribution in [2.24, 2.45) is 0 Å². The molecule has 3 amide bonds. The van der Waals surface area contributed by atoms with Crippen LogP contribution in [0.2, 0.25) is 0 Å². The first-order valence-electron chi connectivity index (χ1n) is 6.19. The molecule has 0 radical (unpaired) electrons. The summed E-state index contributed by atoms with van der Waals surface area (Å²) in [6, 6.07) is 5.81. The molecule has 0 spiro atoms.